The molecule has 0 aromatic heterocycles. The zero-order valence-electron chi connectivity index (χ0n) is 16.1. The smallest absolute Gasteiger partial charge is 0.0141 e. The van der Waals surface area contributed by atoms with E-state index in [1.165, 1.54) is 96.3 Å². The molecule has 0 saturated carbocycles. The van der Waals surface area contributed by atoms with E-state index in [2.05, 4.69) is 32.7 Å². The van der Waals surface area contributed by atoms with Gasteiger partial charge in [-0.25, -0.2) is 0 Å². The van der Waals surface area contributed by atoms with E-state index in [4.69, 9.17) is 0 Å². The lowest BCUT2D eigenvalue weighted by Crippen LogP contribution is -2.04. The van der Waals surface area contributed by atoms with Crippen molar-refractivity contribution in [1.82, 2.24) is 5.32 Å². The molecule has 0 saturated heterocycles. The second-order valence-electron chi connectivity index (χ2n) is 6.40. The molecule has 0 rings (SSSR count). The van der Waals surface area contributed by atoms with Gasteiger partial charge in [0.15, 0.2) is 0 Å². The highest BCUT2D eigenvalue weighted by atomic mass is 14.8. The molecule has 0 aromatic rings. The molecular formula is C21H45N. The minimum absolute atomic E-state index is 1.07. The first-order valence-electron chi connectivity index (χ1n) is 10.2. The molecule has 0 heterocycles. The Bertz CT molecular complexity index is 165. The maximum atomic E-state index is 3.52. The molecule has 1 N–H and O–H groups in total. The molecule has 0 aliphatic heterocycles. The Morgan fingerprint density at radius 2 is 0.864 bits per heavy atom. The van der Waals surface area contributed by atoms with Crippen LogP contribution in [0.2, 0.25) is 0 Å². The molecule has 0 radical (unpaired) electrons. The lowest BCUT2D eigenvalue weighted by Gasteiger charge is -2.01. The van der Waals surface area contributed by atoms with Crippen LogP contribution in [0.4, 0.5) is 0 Å². The molecule has 0 aliphatic carbocycles. The van der Waals surface area contributed by atoms with Gasteiger partial charge in [-0.15, -0.1) is 0 Å². The van der Waals surface area contributed by atoms with Gasteiger partial charge in [0, 0.05) is 6.54 Å². The van der Waals surface area contributed by atoms with Gasteiger partial charge in [-0.05, 0) is 12.6 Å². The summed E-state index contributed by atoms with van der Waals surface area (Å²) in [5.74, 6) is 0. The fourth-order valence-corrected chi connectivity index (χ4v) is 2.47. The van der Waals surface area contributed by atoms with Crippen LogP contribution >= 0.6 is 0 Å². The second kappa shape index (κ2) is 25.5. The van der Waals surface area contributed by atoms with Crippen LogP contribution in [0.25, 0.3) is 0 Å². The van der Waals surface area contributed by atoms with Crippen LogP contribution in [0, 0.1) is 0 Å². The summed E-state index contributed by atoms with van der Waals surface area (Å²) in [5.41, 5.74) is 0. The maximum absolute atomic E-state index is 3.52. The molecule has 0 bridgehead atoms. The summed E-state index contributed by atoms with van der Waals surface area (Å²) in [6.45, 7) is 11.3. The summed E-state index contributed by atoms with van der Waals surface area (Å²) in [6.07, 6.45) is 23.1. The first-order valence-corrected chi connectivity index (χ1v) is 10.2. The van der Waals surface area contributed by atoms with E-state index in [1.807, 2.05) is 0 Å². The Hall–Kier alpha value is -0.460. The van der Waals surface area contributed by atoms with E-state index >= 15 is 0 Å². The Morgan fingerprint density at radius 1 is 0.545 bits per heavy atom. The minimum atomic E-state index is 1.07. The number of hydrogen-bond acceptors (Lipinski definition) is 1. The molecule has 1 nitrogen and oxygen atoms in total. The monoisotopic (exact) mass is 311 g/mol. The average Bonchev–Trinajstić information content (AvgIpc) is 2.54. The highest BCUT2D eigenvalue weighted by molar-refractivity contribution is 4.61. The Kier molecular flexibility index (Phi) is 27.6. The van der Waals surface area contributed by atoms with Crippen LogP contribution < -0.4 is 5.32 Å². The van der Waals surface area contributed by atoms with Gasteiger partial charge < -0.3 is 5.32 Å². The van der Waals surface area contributed by atoms with E-state index < -0.39 is 0 Å². The largest absolute Gasteiger partial charge is 0.391 e. The van der Waals surface area contributed by atoms with Crippen LogP contribution in [-0.4, -0.2) is 6.54 Å². The summed E-state index contributed by atoms with van der Waals surface area (Å²) in [5, 5.41) is 3.01. The third-order valence-electron chi connectivity index (χ3n) is 4.03. The average molecular weight is 312 g/mol. The van der Waals surface area contributed by atoms with E-state index in [-0.39, 0.29) is 0 Å². The maximum Gasteiger partial charge on any atom is 0.0141 e. The van der Waals surface area contributed by atoms with Crippen molar-refractivity contribution in [3.63, 3.8) is 0 Å². The zero-order chi connectivity index (χ0) is 16.7. The summed E-state index contributed by atoms with van der Waals surface area (Å²) in [6, 6.07) is 0. The fraction of sp³-hybridized carbons (Fsp3) is 0.905. The predicted molar refractivity (Wildman–Crippen MR) is 104 cm³/mol. The quantitative estimate of drug-likeness (QED) is 0.289. The van der Waals surface area contributed by atoms with Crippen LogP contribution in [-0.2, 0) is 0 Å². The SMILES string of the molecule is C=CNCCCC.CCCCCCCCCCCCCCC. The van der Waals surface area contributed by atoms with Crippen molar-refractivity contribution in [2.24, 2.45) is 0 Å². The third kappa shape index (κ3) is 27.8. The van der Waals surface area contributed by atoms with E-state index in [0.717, 1.165) is 6.54 Å². The standard InChI is InChI=1S/C15H32.C6H13N/c1-3-5-7-9-11-13-15-14-12-10-8-6-4-2;1-3-5-6-7-4-2/h3-15H2,1-2H3;4,7H,2-3,5-6H2,1H3. The van der Waals surface area contributed by atoms with Crippen molar-refractivity contribution in [1.29, 1.82) is 0 Å². The van der Waals surface area contributed by atoms with Crippen LogP contribution in [0.5, 0.6) is 0 Å². The van der Waals surface area contributed by atoms with Gasteiger partial charge in [-0.1, -0.05) is 117 Å². The highest BCUT2D eigenvalue weighted by Gasteiger charge is 1.92. The lowest BCUT2D eigenvalue weighted by atomic mass is 10.1. The van der Waals surface area contributed by atoms with Gasteiger partial charge >= 0.3 is 0 Å². The van der Waals surface area contributed by atoms with Crippen molar-refractivity contribution in [3.8, 4) is 0 Å². The van der Waals surface area contributed by atoms with Gasteiger partial charge in [0.25, 0.3) is 0 Å². The fourth-order valence-electron chi connectivity index (χ4n) is 2.47. The van der Waals surface area contributed by atoms with E-state index in [9.17, 15) is 0 Å². The molecular weight excluding hydrogens is 266 g/mol. The van der Waals surface area contributed by atoms with E-state index in [1.54, 1.807) is 6.20 Å². The molecule has 0 fully saturated rings. The molecule has 134 valence electrons. The number of hydrogen-bond donors (Lipinski definition) is 1. The number of unbranched alkanes of at least 4 members (excludes halogenated alkanes) is 13. The Labute approximate surface area is 142 Å². The van der Waals surface area contributed by atoms with Gasteiger partial charge in [0.1, 0.15) is 0 Å². The molecule has 0 spiro atoms. The molecule has 0 amide bonds. The predicted octanol–water partition coefficient (Wildman–Crippen LogP) is 7.62. The van der Waals surface area contributed by atoms with Crippen molar-refractivity contribution < 1.29 is 0 Å². The first kappa shape index (κ1) is 23.8. The van der Waals surface area contributed by atoms with Gasteiger partial charge in [0.2, 0.25) is 0 Å². The normalized spacial score (nSPS) is 9.95. The van der Waals surface area contributed by atoms with Crippen LogP contribution in [0.15, 0.2) is 12.8 Å². The molecule has 0 aliphatic rings. The zero-order valence-corrected chi connectivity index (χ0v) is 16.1. The summed E-state index contributed by atoms with van der Waals surface area (Å²) < 4.78 is 0. The third-order valence-corrected chi connectivity index (χ3v) is 4.03. The molecule has 0 unspecified atom stereocenters. The second-order valence-corrected chi connectivity index (χ2v) is 6.40. The van der Waals surface area contributed by atoms with Crippen molar-refractivity contribution >= 4 is 0 Å². The molecule has 22 heavy (non-hydrogen) atoms. The first-order chi connectivity index (χ1) is 10.8. The Morgan fingerprint density at radius 3 is 1.14 bits per heavy atom. The molecule has 0 atom stereocenters. The van der Waals surface area contributed by atoms with Crippen LogP contribution in [0.1, 0.15) is 117 Å². The number of rotatable bonds is 16. The summed E-state index contributed by atoms with van der Waals surface area (Å²) in [7, 11) is 0. The minimum Gasteiger partial charge on any atom is -0.391 e. The van der Waals surface area contributed by atoms with Crippen molar-refractivity contribution in [3.05, 3.63) is 12.8 Å². The number of nitrogens with one attached hydrogen (secondary N) is 1. The van der Waals surface area contributed by atoms with E-state index in [0.29, 0.717) is 0 Å². The summed E-state index contributed by atoms with van der Waals surface area (Å²) in [4.78, 5) is 0. The van der Waals surface area contributed by atoms with Gasteiger partial charge in [-0.2, -0.15) is 0 Å². The van der Waals surface area contributed by atoms with Gasteiger partial charge in [0.05, 0.1) is 0 Å². The lowest BCUT2D eigenvalue weighted by molar-refractivity contribution is 0.542. The van der Waals surface area contributed by atoms with Crippen molar-refractivity contribution in [2.45, 2.75) is 117 Å². The topological polar surface area (TPSA) is 12.0 Å². The highest BCUT2D eigenvalue weighted by Crippen LogP contribution is 2.12. The molecule has 1 heteroatoms. The molecule has 0 aromatic carbocycles. The van der Waals surface area contributed by atoms with Gasteiger partial charge in [-0.3, -0.25) is 0 Å². The van der Waals surface area contributed by atoms with Crippen LogP contribution in [0.3, 0.4) is 0 Å². The van der Waals surface area contributed by atoms with Crippen molar-refractivity contribution in [2.75, 3.05) is 6.54 Å². The summed E-state index contributed by atoms with van der Waals surface area (Å²) >= 11 is 0. The Balaban J connectivity index is 0.